The summed E-state index contributed by atoms with van der Waals surface area (Å²) in [6.45, 7) is 6.75. The minimum Gasteiger partial charge on any atom is -0.354 e. The van der Waals surface area contributed by atoms with Crippen molar-refractivity contribution >= 4 is 23.4 Å². The van der Waals surface area contributed by atoms with Gasteiger partial charge in [0.05, 0.1) is 6.42 Å². The molecule has 150 valence electrons. The molecule has 28 heavy (non-hydrogen) atoms. The Morgan fingerprint density at radius 3 is 2.36 bits per heavy atom. The number of unbranched alkanes of at least 4 members (excludes halogenated alkanes) is 1. The molecule has 1 unspecified atom stereocenters. The molecule has 2 rings (SSSR count). The van der Waals surface area contributed by atoms with E-state index in [4.69, 9.17) is 11.6 Å². The molecule has 0 radical (unpaired) electrons. The summed E-state index contributed by atoms with van der Waals surface area (Å²) < 4.78 is 0. The van der Waals surface area contributed by atoms with E-state index < -0.39 is 6.04 Å². The second kappa shape index (κ2) is 10.9. The Morgan fingerprint density at radius 1 is 1.07 bits per heavy atom. The molecule has 0 aliphatic heterocycles. The Kier molecular flexibility index (Phi) is 8.52. The number of nitrogens with zero attached hydrogens (tertiary/aromatic N) is 1. The third kappa shape index (κ3) is 6.10. The highest BCUT2D eigenvalue weighted by molar-refractivity contribution is 6.31. The number of carbonyl (C=O) groups is 2. The fourth-order valence-electron chi connectivity index (χ4n) is 3.00. The van der Waals surface area contributed by atoms with Crippen LogP contribution < -0.4 is 5.32 Å². The van der Waals surface area contributed by atoms with E-state index in [1.807, 2.05) is 49.4 Å². The predicted octanol–water partition coefficient (Wildman–Crippen LogP) is 4.52. The standard InChI is InChI=1S/C23H29ClN2O2/c1-4-5-14-25-23(28)18(3)26(16-20-12-8-9-13-21(20)24)22(27)15-19-11-7-6-10-17(19)2/h6-13,18H,4-5,14-16H2,1-3H3,(H,25,28). The Hall–Kier alpha value is -2.33. The van der Waals surface area contributed by atoms with E-state index in [0.29, 0.717) is 18.1 Å². The number of aryl methyl sites for hydroxylation is 1. The van der Waals surface area contributed by atoms with Crippen molar-refractivity contribution in [3.63, 3.8) is 0 Å². The first-order valence-corrected chi connectivity index (χ1v) is 10.2. The monoisotopic (exact) mass is 400 g/mol. The average Bonchev–Trinajstić information content (AvgIpc) is 2.68. The van der Waals surface area contributed by atoms with Gasteiger partial charge in [-0.3, -0.25) is 9.59 Å². The van der Waals surface area contributed by atoms with Gasteiger partial charge in [-0.1, -0.05) is 67.4 Å². The van der Waals surface area contributed by atoms with Crippen LogP contribution in [-0.4, -0.2) is 29.3 Å². The SMILES string of the molecule is CCCCNC(=O)C(C)N(Cc1ccccc1Cl)C(=O)Cc1ccccc1C. The normalized spacial score (nSPS) is 11.7. The third-order valence-electron chi connectivity index (χ3n) is 4.90. The summed E-state index contributed by atoms with van der Waals surface area (Å²) >= 11 is 6.31. The van der Waals surface area contributed by atoms with Crippen molar-refractivity contribution in [2.45, 2.75) is 52.6 Å². The maximum atomic E-state index is 13.2. The summed E-state index contributed by atoms with van der Waals surface area (Å²) in [4.78, 5) is 27.4. The Bertz CT molecular complexity index is 807. The Labute approximate surface area is 172 Å². The Morgan fingerprint density at radius 2 is 1.71 bits per heavy atom. The van der Waals surface area contributed by atoms with Crippen LogP contribution in [0.5, 0.6) is 0 Å². The first-order valence-electron chi connectivity index (χ1n) is 9.79. The zero-order chi connectivity index (χ0) is 20.5. The number of carbonyl (C=O) groups excluding carboxylic acids is 2. The van der Waals surface area contributed by atoms with Gasteiger partial charge >= 0.3 is 0 Å². The molecule has 0 bridgehead atoms. The van der Waals surface area contributed by atoms with Crippen molar-refractivity contribution < 1.29 is 9.59 Å². The molecule has 2 amide bonds. The van der Waals surface area contributed by atoms with E-state index in [0.717, 1.165) is 29.5 Å². The van der Waals surface area contributed by atoms with Crippen molar-refractivity contribution in [1.82, 2.24) is 10.2 Å². The van der Waals surface area contributed by atoms with E-state index in [2.05, 4.69) is 12.2 Å². The number of halogens is 1. The van der Waals surface area contributed by atoms with Crippen LogP contribution in [0.2, 0.25) is 5.02 Å². The average molecular weight is 401 g/mol. The summed E-state index contributed by atoms with van der Waals surface area (Å²) in [7, 11) is 0. The van der Waals surface area contributed by atoms with Gasteiger partial charge in [0.25, 0.3) is 0 Å². The van der Waals surface area contributed by atoms with Crippen LogP contribution in [0.25, 0.3) is 0 Å². The van der Waals surface area contributed by atoms with Crippen molar-refractivity contribution in [2.24, 2.45) is 0 Å². The Balaban J connectivity index is 2.22. The highest BCUT2D eigenvalue weighted by Crippen LogP contribution is 2.20. The largest absolute Gasteiger partial charge is 0.354 e. The van der Waals surface area contributed by atoms with Gasteiger partial charge < -0.3 is 10.2 Å². The molecule has 0 aliphatic carbocycles. The van der Waals surface area contributed by atoms with Gasteiger partial charge in [0.15, 0.2) is 0 Å². The maximum absolute atomic E-state index is 13.2. The molecule has 0 saturated heterocycles. The molecule has 0 heterocycles. The predicted molar refractivity (Wildman–Crippen MR) is 114 cm³/mol. The van der Waals surface area contributed by atoms with Crippen molar-refractivity contribution in [1.29, 1.82) is 0 Å². The molecule has 1 atom stereocenters. The third-order valence-corrected chi connectivity index (χ3v) is 5.27. The number of rotatable bonds is 9. The number of nitrogens with one attached hydrogen (secondary N) is 1. The lowest BCUT2D eigenvalue weighted by Crippen LogP contribution is -2.48. The summed E-state index contributed by atoms with van der Waals surface area (Å²) in [6.07, 6.45) is 2.17. The van der Waals surface area contributed by atoms with Gasteiger partial charge in [0, 0.05) is 18.1 Å². The van der Waals surface area contributed by atoms with Crippen molar-refractivity contribution in [3.05, 3.63) is 70.2 Å². The van der Waals surface area contributed by atoms with Crippen LogP contribution in [0.1, 0.15) is 43.4 Å². The second-order valence-corrected chi connectivity index (χ2v) is 7.44. The summed E-state index contributed by atoms with van der Waals surface area (Å²) in [6, 6.07) is 14.7. The van der Waals surface area contributed by atoms with E-state index in [1.54, 1.807) is 17.9 Å². The van der Waals surface area contributed by atoms with E-state index in [-0.39, 0.29) is 18.2 Å². The molecule has 4 nitrogen and oxygen atoms in total. The maximum Gasteiger partial charge on any atom is 0.242 e. The van der Waals surface area contributed by atoms with Crippen molar-refractivity contribution in [2.75, 3.05) is 6.54 Å². The first-order chi connectivity index (χ1) is 13.4. The van der Waals surface area contributed by atoms with Gasteiger partial charge in [0.1, 0.15) is 6.04 Å². The zero-order valence-corrected chi connectivity index (χ0v) is 17.6. The number of hydrogen-bond donors (Lipinski definition) is 1. The van der Waals surface area contributed by atoms with Crippen LogP contribution >= 0.6 is 11.6 Å². The summed E-state index contributed by atoms with van der Waals surface area (Å²) in [5.74, 6) is -0.231. The van der Waals surface area contributed by atoms with E-state index in [9.17, 15) is 9.59 Å². The molecule has 2 aromatic rings. The fraction of sp³-hybridized carbons (Fsp3) is 0.391. The topological polar surface area (TPSA) is 49.4 Å². The lowest BCUT2D eigenvalue weighted by Gasteiger charge is -2.29. The van der Waals surface area contributed by atoms with Crippen LogP contribution in [0.15, 0.2) is 48.5 Å². The molecule has 0 spiro atoms. The zero-order valence-electron chi connectivity index (χ0n) is 16.9. The lowest BCUT2D eigenvalue weighted by atomic mass is 10.0. The minimum absolute atomic E-state index is 0.0904. The molecule has 5 heteroatoms. The molecule has 2 aromatic carbocycles. The van der Waals surface area contributed by atoms with Crippen LogP contribution in [-0.2, 0) is 22.6 Å². The van der Waals surface area contributed by atoms with Crippen molar-refractivity contribution in [3.8, 4) is 0 Å². The van der Waals surface area contributed by atoms with Gasteiger partial charge in [-0.15, -0.1) is 0 Å². The molecule has 0 aliphatic rings. The van der Waals surface area contributed by atoms with E-state index in [1.165, 1.54) is 0 Å². The number of amides is 2. The fourth-order valence-corrected chi connectivity index (χ4v) is 3.20. The number of benzene rings is 2. The van der Waals surface area contributed by atoms with Crippen LogP contribution in [0.3, 0.4) is 0 Å². The van der Waals surface area contributed by atoms with Gasteiger partial charge in [-0.2, -0.15) is 0 Å². The highest BCUT2D eigenvalue weighted by Gasteiger charge is 2.26. The van der Waals surface area contributed by atoms with Gasteiger partial charge in [-0.25, -0.2) is 0 Å². The molecule has 0 saturated carbocycles. The molecule has 1 N–H and O–H groups in total. The van der Waals surface area contributed by atoms with Gasteiger partial charge in [0.2, 0.25) is 11.8 Å². The second-order valence-electron chi connectivity index (χ2n) is 7.04. The van der Waals surface area contributed by atoms with Gasteiger partial charge in [-0.05, 0) is 43.0 Å². The summed E-state index contributed by atoms with van der Waals surface area (Å²) in [5, 5.41) is 3.52. The quantitative estimate of drug-likeness (QED) is 0.629. The molecular weight excluding hydrogens is 372 g/mol. The van der Waals surface area contributed by atoms with Crippen LogP contribution in [0, 0.1) is 6.92 Å². The number of hydrogen-bond acceptors (Lipinski definition) is 2. The van der Waals surface area contributed by atoms with E-state index >= 15 is 0 Å². The minimum atomic E-state index is -0.579. The smallest absolute Gasteiger partial charge is 0.242 e. The molecular formula is C23H29ClN2O2. The first kappa shape index (κ1) is 22.0. The van der Waals surface area contributed by atoms with Crippen LogP contribution in [0.4, 0.5) is 0 Å². The molecule has 0 fully saturated rings. The molecule has 0 aromatic heterocycles. The summed E-state index contributed by atoms with van der Waals surface area (Å²) in [5.41, 5.74) is 2.86. The lowest BCUT2D eigenvalue weighted by molar-refractivity contribution is -0.140. The highest BCUT2D eigenvalue weighted by atomic mass is 35.5.